The summed E-state index contributed by atoms with van der Waals surface area (Å²) in [5, 5.41) is 3.78. The van der Waals surface area contributed by atoms with Crippen LogP contribution in [0.25, 0.3) is 17.2 Å². The second kappa shape index (κ2) is 10.3. The van der Waals surface area contributed by atoms with Gasteiger partial charge in [0.05, 0.1) is 18.1 Å². The van der Waals surface area contributed by atoms with Crippen LogP contribution in [-0.4, -0.2) is 54.6 Å². The number of nitrogens with zero attached hydrogens (tertiary/aromatic N) is 1. The molecule has 162 valence electrons. The highest BCUT2D eigenvalue weighted by Crippen LogP contribution is 2.38. The molecule has 5 nitrogen and oxygen atoms in total. The molecule has 0 spiro atoms. The van der Waals surface area contributed by atoms with Gasteiger partial charge in [-0.25, -0.2) is 0 Å². The Morgan fingerprint density at radius 3 is 2.71 bits per heavy atom. The molecule has 0 radical (unpaired) electrons. The number of ether oxygens (including phenoxy) is 2. The summed E-state index contributed by atoms with van der Waals surface area (Å²) in [4.78, 5) is 14.9. The average Bonchev–Trinajstić information content (AvgIpc) is 3.08. The number of carbonyl (C=O) groups is 1. The van der Waals surface area contributed by atoms with Crippen LogP contribution in [0, 0.1) is 0 Å². The molecular weight excluding hydrogens is 475 g/mol. The summed E-state index contributed by atoms with van der Waals surface area (Å²) in [6.45, 7) is 4.67. The molecule has 2 aromatic rings. The molecular formula is C22H20Cl2N2O3S2. The van der Waals surface area contributed by atoms with E-state index in [4.69, 9.17) is 44.9 Å². The summed E-state index contributed by atoms with van der Waals surface area (Å²) in [5.41, 5.74) is 2.43. The number of hydrogen-bond acceptors (Lipinski definition) is 6. The SMILES string of the molecule is O=C1NC(=S)SC1=Cc1ccc(OCCN2CCOCC2)c(-c2cc(Cl)ccc2Cl)c1. The number of rotatable bonds is 6. The van der Waals surface area contributed by atoms with E-state index in [0.29, 0.717) is 31.6 Å². The van der Waals surface area contributed by atoms with Gasteiger partial charge in [-0.1, -0.05) is 53.2 Å². The van der Waals surface area contributed by atoms with Crippen LogP contribution in [0.3, 0.4) is 0 Å². The van der Waals surface area contributed by atoms with Crippen molar-refractivity contribution in [2.45, 2.75) is 0 Å². The number of carbonyl (C=O) groups excluding carboxylic acids is 1. The van der Waals surface area contributed by atoms with Crippen molar-refractivity contribution in [3.8, 4) is 16.9 Å². The lowest BCUT2D eigenvalue weighted by Crippen LogP contribution is -2.38. The van der Waals surface area contributed by atoms with E-state index in [1.807, 2.05) is 24.3 Å². The molecule has 2 aliphatic heterocycles. The molecule has 0 aliphatic carbocycles. The smallest absolute Gasteiger partial charge is 0.263 e. The van der Waals surface area contributed by atoms with Crippen molar-refractivity contribution in [3.05, 3.63) is 56.9 Å². The minimum absolute atomic E-state index is 0.192. The van der Waals surface area contributed by atoms with Crippen molar-refractivity contribution in [1.29, 1.82) is 0 Å². The first kappa shape index (κ1) is 22.6. The zero-order valence-electron chi connectivity index (χ0n) is 16.5. The minimum Gasteiger partial charge on any atom is -0.492 e. The van der Waals surface area contributed by atoms with Crippen molar-refractivity contribution < 1.29 is 14.3 Å². The van der Waals surface area contributed by atoms with E-state index in [9.17, 15) is 4.79 Å². The summed E-state index contributed by atoms with van der Waals surface area (Å²) >= 11 is 19.0. The van der Waals surface area contributed by atoms with Crippen LogP contribution in [-0.2, 0) is 9.53 Å². The summed E-state index contributed by atoms with van der Waals surface area (Å²) < 4.78 is 12.0. The standard InChI is InChI=1S/C22H20Cl2N2O3S2/c23-15-2-3-18(24)16(13-15)17-11-14(12-20-21(27)25-22(30)31-20)1-4-19(17)29-10-7-26-5-8-28-9-6-26/h1-4,11-13H,5-10H2,(H,25,27,30). The Kier molecular flexibility index (Phi) is 7.53. The minimum atomic E-state index is -0.192. The number of thiocarbonyl (C=S) groups is 1. The molecule has 2 aliphatic rings. The number of amides is 1. The lowest BCUT2D eigenvalue weighted by atomic mass is 10.0. The van der Waals surface area contributed by atoms with Crippen LogP contribution < -0.4 is 10.1 Å². The topological polar surface area (TPSA) is 50.8 Å². The molecule has 0 unspecified atom stereocenters. The molecule has 4 rings (SSSR count). The van der Waals surface area contributed by atoms with Crippen LogP contribution >= 0.6 is 47.2 Å². The van der Waals surface area contributed by atoms with Gasteiger partial charge in [0.15, 0.2) is 0 Å². The van der Waals surface area contributed by atoms with Crippen molar-refractivity contribution in [1.82, 2.24) is 10.2 Å². The first-order chi connectivity index (χ1) is 15.0. The molecule has 0 atom stereocenters. The molecule has 9 heteroatoms. The highest BCUT2D eigenvalue weighted by molar-refractivity contribution is 8.26. The first-order valence-electron chi connectivity index (χ1n) is 9.77. The summed E-state index contributed by atoms with van der Waals surface area (Å²) in [6.07, 6.45) is 1.80. The molecule has 2 fully saturated rings. The highest BCUT2D eigenvalue weighted by atomic mass is 35.5. The van der Waals surface area contributed by atoms with Gasteiger partial charge in [-0.2, -0.15) is 0 Å². The second-order valence-electron chi connectivity index (χ2n) is 7.03. The average molecular weight is 495 g/mol. The summed E-state index contributed by atoms with van der Waals surface area (Å²) in [6, 6.07) is 11.1. The van der Waals surface area contributed by atoms with Crippen LogP contribution in [0.1, 0.15) is 5.56 Å². The lowest BCUT2D eigenvalue weighted by Gasteiger charge is -2.26. The Hall–Kier alpha value is -1.61. The van der Waals surface area contributed by atoms with Gasteiger partial charge in [0.1, 0.15) is 16.7 Å². The molecule has 2 heterocycles. The lowest BCUT2D eigenvalue weighted by molar-refractivity contribution is -0.115. The third-order valence-corrected chi connectivity index (χ3v) is 6.66. The molecule has 0 aromatic heterocycles. The quantitative estimate of drug-likeness (QED) is 0.457. The van der Waals surface area contributed by atoms with E-state index in [-0.39, 0.29) is 5.91 Å². The zero-order chi connectivity index (χ0) is 21.8. The Labute approximate surface area is 200 Å². The predicted molar refractivity (Wildman–Crippen MR) is 131 cm³/mol. The van der Waals surface area contributed by atoms with Crippen molar-refractivity contribution in [2.75, 3.05) is 39.5 Å². The number of halogens is 2. The van der Waals surface area contributed by atoms with Crippen molar-refractivity contribution >= 4 is 63.5 Å². The van der Waals surface area contributed by atoms with Gasteiger partial charge in [-0.3, -0.25) is 9.69 Å². The fraction of sp³-hybridized carbons (Fsp3) is 0.273. The van der Waals surface area contributed by atoms with Gasteiger partial charge in [0.2, 0.25) is 0 Å². The molecule has 1 amide bonds. The number of hydrogen-bond donors (Lipinski definition) is 1. The largest absolute Gasteiger partial charge is 0.492 e. The van der Waals surface area contributed by atoms with Crippen LogP contribution in [0.15, 0.2) is 41.3 Å². The van der Waals surface area contributed by atoms with E-state index in [2.05, 4.69) is 10.2 Å². The van der Waals surface area contributed by atoms with Crippen LogP contribution in [0.5, 0.6) is 5.75 Å². The van der Waals surface area contributed by atoms with Crippen LogP contribution in [0.4, 0.5) is 0 Å². The summed E-state index contributed by atoms with van der Waals surface area (Å²) in [7, 11) is 0. The molecule has 31 heavy (non-hydrogen) atoms. The number of benzene rings is 2. The third kappa shape index (κ3) is 5.80. The van der Waals surface area contributed by atoms with Gasteiger partial charge in [-0.05, 0) is 42.0 Å². The van der Waals surface area contributed by atoms with E-state index >= 15 is 0 Å². The van der Waals surface area contributed by atoms with Crippen LogP contribution in [0.2, 0.25) is 10.0 Å². The van der Waals surface area contributed by atoms with E-state index < -0.39 is 0 Å². The van der Waals surface area contributed by atoms with E-state index in [0.717, 1.165) is 49.5 Å². The molecule has 2 aromatic carbocycles. The monoisotopic (exact) mass is 494 g/mol. The summed E-state index contributed by atoms with van der Waals surface area (Å²) in [5.74, 6) is 0.516. The maximum atomic E-state index is 12.0. The maximum absolute atomic E-state index is 12.0. The van der Waals surface area contributed by atoms with E-state index in [1.165, 1.54) is 11.8 Å². The molecule has 0 bridgehead atoms. The van der Waals surface area contributed by atoms with Crippen molar-refractivity contribution in [2.24, 2.45) is 0 Å². The van der Waals surface area contributed by atoms with Gasteiger partial charge >= 0.3 is 0 Å². The Bertz CT molecular complexity index is 1040. The van der Waals surface area contributed by atoms with Gasteiger partial charge in [-0.15, -0.1) is 0 Å². The Balaban J connectivity index is 1.62. The van der Waals surface area contributed by atoms with Gasteiger partial charge in [0, 0.05) is 40.8 Å². The fourth-order valence-corrected chi connectivity index (χ4v) is 4.80. The number of nitrogens with one attached hydrogen (secondary N) is 1. The Morgan fingerprint density at radius 1 is 1.16 bits per heavy atom. The Morgan fingerprint density at radius 2 is 1.97 bits per heavy atom. The molecule has 1 N–H and O–H groups in total. The second-order valence-corrected chi connectivity index (χ2v) is 9.60. The predicted octanol–water partition coefficient (Wildman–Crippen LogP) is 4.86. The zero-order valence-corrected chi connectivity index (χ0v) is 19.7. The molecule has 2 saturated heterocycles. The number of thioether (sulfide) groups is 1. The van der Waals surface area contributed by atoms with E-state index in [1.54, 1.807) is 18.2 Å². The normalized spacial score (nSPS) is 18.5. The molecule has 0 saturated carbocycles. The maximum Gasteiger partial charge on any atom is 0.263 e. The highest BCUT2D eigenvalue weighted by Gasteiger charge is 2.22. The first-order valence-corrected chi connectivity index (χ1v) is 11.7. The number of morpholine rings is 1. The fourth-order valence-electron chi connectivity index (χ4n) is 3.36. The third-order valence-electron chi connectivity index (χ3n) is 4.93. The van der Waals surface area contributed by atoms with Gasteiger partial charge in [0.25, 0.3) is 5.91 Å². The van der Waals surface area contributed by atoms with Gasteiger partial charge < -0.3 is 14.8 Å². The van der Waals surface area contributed by atoms with Crippen molar-refractivity contribution in [3.63, 3.8) is 0 Å².